The van der Waals surface area contributed by atoms with E-state index in [0.29, 0.717) is 13.1 Å². The molecule has 0 spiro atoms. The Kier molecular flexibility index (Phi) is 8.54. The highest BCUT2D eigenvalue weighted by atomic mass is 32.2. The van der Waals surface area contributed by atoms with Crippen molar-refractivity contribution >= 4 is 15.9 Å². The normalized spacial score (nSPS) is 18.2. The molecule has 1 fully saturated rings. The third-order valence-corrected chi connectivity index (χ3v) is 8.75. The lowest BCUT2D eigenvalue weighted by atomic mass is 9.81. The molecule has 0 aromatic heterocycles. The van der Waals surface area contributed by atoms with E-state index in [1.165, 1.54) is 22.0 Å². The van der Waals surface area contributed by atoms with Crippen molar-refractivity contribution in [2.24, 2.45) is 11.8 Å². The summed E-state index contributed by atoms with van der Waals surface area (Å²) in [5.41, 5.74) is 3.00. The van der Waals surface area contributed by atoms with Crippen LogP contribution in [0.15, 0.2) is 83.8 Å². The number of nitrogens with one attached hydrogen (secondary N) is 1. The van der Waals surface area contributed by atoms with Gasteiger partial charge < -0.3 is 5.32 Å². The second-order valence-electron chi connectivity index (χ2n) is 9.66. The van der Waals surface area contributed by atoms with Gasteiger partial charge in [0.15, 0.2) is 0 Å². The Hall–Kier alpha value is -3.03. The van der Waals surface area contributed by atoms with Gasteiger partial charge in [-0.1, -0.05) is 60.2 Å². The average Bonchev–Trinajstić information content (AvgIpc) is 2.90. The smallest absolute Gasteiger partial charge is 0.243 e. The minimum Gasteiger partial charge on any atom is -0.352 e. The lowest BCUT2D eigenvalue weighted by Gasteiger charge is -2.32. The SMILES string of the molecule is Cc1ccc(CNC(=O)C2CCC(CN(Cc3ccc(F)cc3)S(=O)(=O)c3ccccc3)CC2)cc1. The van der Waals surface area contributed by atoms with Crippen LogP contribution in [0.3, 0.4) is 0 Å². The quantitative estimate of drug-likeness (QED) is 0.418. The van der Waals surface area contributed by atoms with Crippen LogP contribution < -0.4 is 5.32 Å². The molecule has 3 aromatic rings. The predicted molar refractivity (Wildman–Crippen MR) is 139 cm³/mol. The summed E-state index contributed by atoms with van der Waals surface area (Å²) in [6, 6.07) is 22.5. The fourth-order valence-electron chi connectivity index (χ4n) is 4.72. The molecule has 1 amide bonds. The van der Waals surface area contributed by atoms with Crippen molar-refractivity contribution in [2.45, 2.75) is 50.6 Å². The van der Waals surface area contributed by atoms with E-state index in [1.54, 1.807) is 42.5 Å². The first-order chi connectivity index (χ1) is 17.3. The average molecular weight is 509 g/mol. The van der Waals surface area contributed by atoms with Crippen LogP contribution in [0.25, 0.3) is 0 Å². The van der Waals surface area contributed by atoms with E-state index in [0.717, 1.165) is 36.8 Å². The molecule has 36 heavy (non-hydrogen) atoms. The summed E-state index contributed by atoms with van der Waals surface area (Å²) in [4.78, 5) is 13.0. The van der Waals surface area contributed by atoms with E-state index in [9.17, 15) is 17.6 Å². The number of benzene rings is 3. The monoisotopic (exact) mass is 508 g/mol. The van der Waals surface area contributed by atoms with Crippen molar-refractivity contribution in [3.8, 4) is 0 Å². The number of sulfonamides is 1. The molecular formula is C29H33FN2O3S. The molecule has 5 nitrogen and oxygen atoms in total. The fourth-order valence-corrected chi connectivity index (χ4v) is 6.24. The van der Waals surface area contributed by atoms with E-state index >= 15 is 0 Å². The Balaban J connectivity index is 1.38. The zero-order valence-electron chi connectivity index (χ0n) is 20.6. The van der Waals surface area contributed by atoms with Gasteiger partial charge in [0, 0.05) is 25.6 Å². The summed E-state index contributed by atoms with van der Waals surface area (Å²) in [5.74, 6) is -0.183. The Morgan fingerprint density at radius 2 is 1.50 bits per heavy atom. The van der Waals surface area contributed by atoms with Gasteiger partial charge in [-0.2, -0.15) is 4.31 Å². The number of hydrogen-bond acceptors (Lipinski definition) is 3. The molecule has 0 atom stereocenters. The van der Waals surface area contributed by atoms with Crippen molar-refractivity contribution in [1.82, 2.24) is 9.62 Å². The van der Waals surface area contributed by atoms with E-state index in [2.05, 4.69) is 5.32 Å². The van der Waals surface area contributed by atoms with Crippen molar-refractivity contribution < 1.29 is 17.6 Å². The van der Waals surface area contributed by atoms with Gasteiger partial charge in [-0.25, -0.2) is 12.8 Å². The Bertz CT molecular complexity index is 1240. The summed E-state index contributed by atoms with van der Waals surface area (Å²) in [5, 5.41) is 3.05. The van der Waals surface area contributed by atoms with E-state index in [-0.39, 0.29) is 35.0 Å². The van der Waals surface area contributed by atoms with Crippen LogP contribution in [0.5, 0.6) is 0 Å². The van der Waals surface area contributed by atoms with Gasteiger partial charge in [-0.15, -0.1) is 0 Å². The number of hydrogen-bond donors (Lipinski definition) is 1. The zero-order chi connectivity index (χ0) is 25.5. The van der Waals surface area contributed by atoms with Gasteiger partial charge in [0.1, 0.15) is 5.82 Å². The molecule has 0 heterocycles. The van der Waals surface area contributed by atoms with E-state index in [4.69, 9.17) is 0 Å². The molecule has 190 valence electrons. The number of amides is 1. The Morgan fingerprint density at radius 3 is 2.14 bits per heavy atom. The van der Waals surface area contributed by atoms with Crippen LogP contribution in [-0.4, -0.2) is 25.2 Å². The first-order valence-corrected chi connectivity index (χ1v) is 13.9. The topological polar surface area (TPSA) is 66.5 Å². The molecule has 4 rings (SSSR count). The molecule has 7 heteroatoms. The zero-order valence-corrected chi connectivity index (χ0v) is 21.4. The van der Waals surface area contributed by atoms with Crippen LogP contribution in [-0.2, 0) is 27.9 Å². The Morgan fingerprint density at radius 1 is 0.889 bits per heavy atom. The second-order valence-corrected chi connectivity index (χ2v) is 11.6. The summed E-state index contributed by atoms with van der Waals surface area (Å²) in [7, 11) is -3.72. The number of rotatable bonds is 9. The van der Waals surface area contributed by atoms with E-state index in [1.807, 2.05) is 31.2 Å². The second kappa shape index (κ2) is 11.8. The number of halogens is 1. The highest BCUT2D eigenvalue weighted by Gasteiger charge is 2.31. The number of aryl methyl sites for hydroxylation is 1. The third kappa shape index (κ3) is 6.80. The van der Waals surface area contributed by atoms with Crippen molar-refractivity contribution in [3.63, 3.8) is 0 Å². The first kappa shape index (κ1) is 26.0. The van der Waals surface area contributed by atoms with Crippen molar-refractivity contribution in [2.75, 3.05) is 6.54 Å². The third-order valence-electron chi connectivity index (χ3n) is 6.92. The maximum atomic E-state index is 13.5. The lowest BCUT2D eigenvalue weighted by molar-refractivity contribution is -0.126. The molecule has 0 bridgehead atoms. The molecule has 1 saturated carbocycles. The fraction of sp³-hybridized carbons (Fsp3) is 0.345. The van der Waals surface area contributed by atoms with Crippen LogP contribution >= 0.6 is 0 Å². The molecule has 1 aliphatic carbocycles. The van der Waals surface area contributed by atoms with Crippen molar-refractivity contribution in [3.05, 3.63) is 101 Å². The molecule has 0 saturated heterocycles. The largest absolute Gasteiger partial charge is 0.352 e. The minimum absolute atomic E-state index is 0.0528. The van der Waals surface area contributed by atoms with Gasteiger partial charge in [0.05, 0.1) is 4.90 Å². The van der Waals surface area contributed by atoms with Gasteiger partial charge in [-0.05, 0) is 73.9 Å². The standard InChI is InChI=1S/C29H33FN2O3S/c1-22-7-9-23(10-8-22)19-31-29(33)26-15-11-24(12-16-26)20-32(21-25-13-17-27(30)18-14-25)36(34,35)28-5-3-2-4-6-28/h2-10,13-14,17-18,24,26H,11-12,15-16,19-21H2,1H3,(H,31,33). The maximum absolute atomic E-state index is 13.5. The van der Waals surface area contributed by atoms with Crippen LogP contribution in [0.2, 0.25) is 0 Å². The van der Waals surface area contributed by atoms with Gasteiger partial charge in [-0.3, -0.25) is 4.79 Å². The summed E-state index contributed by atoms with van der Waals surface area (Å²) >= 11 is 0. The van der Waals surface area contributed by atoms with Gasteiger partial charge in [0.2, 0.25) is 15.9 Å². The molecule has 0 aliphatic heterocycles. The lowest BCUT2D eigenvalue weighted by Crippen LogP contribution is -2.38. The molecule has 3 aromatic carbocycles. The first-order valence-electron chi connectivity index (χ1n) is 12.4. The molecule has 0 radical (unpaired) electrons. The molecular weight excluding hydrogens is 475 g/mol. The predicted octanol–water partition coefficient (Wildman–Crippen LogP) is 5.45. The van der Waals surface area contributed by atoms with Crippen LogP contribution in [0, 0.1) is 24.6 Å². The number of nitrogens with zero attached hydrogens (tertiary/aromatic N) is 1. The highest BCUT2D eigenvalue weighted by molar-refractivity contribution is 7.89. The maximum Gasteiger partial charge on any atom is 0.243 e. The van der Waals surface area contributed by atoms with Gasteiger partial charge >= 0.3 is 0 Å². The van der Waals surface area contributed by atoms with Crippen LogP contribution in [0.1, 0.15) is 42.4 Å². The molecule has 1 N–H and O–H groups in total. The van der Waals surface area contributed by atoms with Crippen molar-refractivity contribution in [1.29, 1.82) is 0 Å². The minimum atomic E-state index is -3.72. The molecule has 1 aliphatic rings. The molecule has 0 unspecified atom stereocenters. The van der Waals surface area contributed by atoms with Crippen LogP contribution in [0.4, 0.5) is 4.39 Å². The highest BCUT2D eigenvalue weighted by Crippen LogP contribution is 2.31. The van der Waals surface area contributed by atoms with E-state index < -0.39 is 10.0 Å². The Labute approximate surface area is 213 Å². The summed E-state index contributed by atoms with van der Waals surface area (Å²) in [6.07, 6.45) is 3.04. The summed E-state index contributed by atoms with van der Waals surface area (Å²) in [6.45, 7) is 3.09. The van der Waals surface area contributed by atoms with Gasteiger partial charge in [0.25, 0.3) is 0 Å². The number of carbonyl (C=O) groups is 1. The summed E-state index contributed by atoms with van der Waals surface area (Å²) < 4.78 is 41.9. The number of carbonyl (C=O) groups excluding carboxylic acids is 1.